The molecule has 3 nitrogen and oxygen atoms in total. The number of carbonyl (C=O) groups excluding carboxylic acids is 1. The highest BCUT2D eigenvalue weighted by atomic mass is 32.1. The van der Waals surface area contributed by atoms with Crippen LogP contribution >= 0.6 is 11.3 Å². The third-order valence-electron chi connectivity index (χ3n) is 2.56. The van der Waals surface area contributed by atoms with Gasteiger partial charge < -0.3 is 4.74 Å². The molecule has 0 N–H and O–H groups in total. The molecule has 1 aromatic heterocycles. The highest BCUT2D eigenvalue weighted by molar-refractivity contribution is 7.07. The van der Waals surface area contributed by atoms with Crippen molar-refractivity contribution in [3.8, 4) is 0 Å². The summed E-state index contributed by atoms with van der Waals surface area (Å²) < 4.78 is 4.69. The van der Waals surface area contributed by atoms with E-state index in [-0.39, 0.29) is 5.97 Å². The summed E-state index contributed by atoms with van der Waals surface area (Å²) in [5.74, 6) is -0.168. The van der Waals surface area contributed by atoms with Gasteiger partial charge in [0.05, 0.1) is 13.7 Å². The van der Waals surface area contributed by atoms with Crippen LogP contribution in [0.15, 0.2) is 16.8 Å². The number of hydrogen-bond acceptors (Lipinski definition) is 4. The highest BCUT2D eigenvalue weighted by Crippen LogP contribution is 2.08. The van der Waals surface area contributed by atoms with E-state index in [1.165, 1.54) is 12.7 Å². The van der Waals surface area contributed by atoms with Gasteiger partial charge in [0.2, 0.25) is 0 Å². The van der Waals surface area contributed by atoms with Crippen molar-refractivity contribution in [3.05, 3.63) is 22.4 Å². The van der Waals surface area contributed by atoms with Gasteiger partial charge in [-0.05, 0) is 42.7 Å². The number of methoxy groups -OCH3 is 1. The Morgan fingerprint density at radius 2 is 2.31 bits per heavy atom. The fourth-order valence-electron chi connectivity index (χ4n) is 1.46. The minimum Gasteiger partial charge on any atom is -0.468 e. The van der Waals surface area contributed by atoms with Crippen LogP contribution in [0.4, 0.5) is 0 Å². The molecule has 1 heterocycles. The molecule has 90 valence electrons. The summed E-state index contributed by atoms with van der Waals surface area (Å²) in [6, 6.07) is 2.49. The van der Waals surface area contributed by atoms with E-state index in [9.17, 15) is 4.79 Å². The fourth-order valence-corrected chi connectivity index (χ4v) is 2.16. The van der Waals surface area contributed by atoms with Gasteiger partial charge in [0, 0.05) is 12.6 Å². The van der Waals surface area contributed by atoms with Crippen LogP contribution in [0.3, 0.4) is 0 Å². The number of hydrogen-bond donors (Lipinski definition) is 0. The minimum atomic E-state index is -0.168. The zero-order chi connectivity index (χ0) is 12.0. The molecule has 0 unspecified atom stereocenters. The second kappa shape index (κ2) is 6.66. The van der Waals surface area contributed by atoms with Gasteiger partial charge in [-0.3, -0.25) is 9.69 Å². The van der Waals surface area contributed by atoms with Gasteiger partial charge in [-0.2, -0.15) is 11.3 Å². The maximum absolute atomic E-state index is 11.2. The van der Waals surface area contributed by atoms with Gasteiger partial charge in [0.25, 0.3) is 0 Å². The molecular formula is C12H19NO2S. The van der Waals surface area contributed by atoms with E-state index in [4.69, 9.17) is 0 Å². The topological polar surface area (TPSA) is 29.5 Å². The molecule has 0 aliphatic heterocycles. The van der Waals surface area contributed by atoms with Crippen LogP contribution in [-0.2, 0) is 16.0 Å². The van der Waals surface area contributed by atoms with Crippen molar-refractivity contribution in [2.45, 2.75) is 26.3 Å². The number of esters is 1. The van der Waals surface area contributed by atoms with Crippen molar-refractivity contribution < 1.29 is 9.53 Å². The summed E-state index contributed by atoms with van der Waals surface area (Å²) in [4.78, 5) is 13.4. The largest absolute Gasteiger partial charge is 0.468 e. The van der Waals surface area contributed by atoms with E-state index in [0.29, 0.717) is 12.6 Å². The molecule has 0 atom stereocenters. The number of nitrogens with zero attached hydrogens (tertiary/aromatic N) is 1. The van der Waals surface area contributed by atoms with E-state index < -0.39 is 0 Å². The molecule has 0 fully saturated rings. The lowest BCUT2D eigenvalue weighted by molar-refractivity contribution is -0.142. The average Bonchev–Trinajstić information content (AvgIpc) is 2.76. The first-order valence-corrected chi connectivity index (χ1v) is 6.39. The predicted molar refractivity (Wildman–Crippen MR) is 66.7 cm³/mol. The Hall–Kier alpha value is -0.870. The third-order valence-corrected chi connectivity index (χ3v) is 3.29. The van der Waals surface area contributed by atoms with Gasteiger partial charge in [0.1, 0.15) is 0 Å². The maximum atomic E-state index is 11.2. The Balaban J connectivity index is 2.42. The van der Waals surface area contributed by atoms with Crippen LogP contribution in [-0.4, -0.2) is 37.1 Å². The summed E-state index contributed by atoms with van der Waals surface area (Å²) in [5.41, 5.74) is 1.33. The molecule has 0 bridgehead atoms. The molecule has 1 rings (SSSR count). The van der Waals surface area contributed by atoms with Crippen molar-refractivity contribution in [2.24, 2.45) is 0 Å². The summed E-state index contributed by atoms with van der Waals surface area (Å²) >= 11 is 1.71. The third kappa shape index (κ3) is 4.33. The van der Waals surface area contributed by atoms with Crippen molar-refractivity contribution in [2.75, 3.05) is 20.2 Å². The maximum Gasteiger partial charge on any atom is 0.319 e. The van der Waals surface area contributed by atoms with Gasteiger partial charge in [-0.15, -0.1) is 0 Å². The van der Waals surface area contributed by atoms with E-state index in [1.807, 2.05) is 0 Å². The molecule has 0 saturated heterocycles. The van der Waals surface area contributed by atoms with Crippen LogP contribution in [0.2, 0.25) is 0 Å². The zero-order valence-corrected chi connectivity index (χ0v) is 10.9. The lowest BCUT2D eigenvalue weighted by atomic mass is 10.2. The number of rotatable bonds is 6. The summed E-state index contributed by atoms with van der Waals surface area (Å²) in [6.07, 6.45) is 0.985. The molecule has 0 saturated carbocycles. The second-order valence-electron chi connectivity index (χ2n) is 4.02. The van der Waals surface area contributed by atoms with Gasteiger partial charge in [0.15, 0.2) is 0 Å². The Labute approximate surface area is 101 Å². The van der Waals surface area contributed by atoms with Crippen molar-refractivity contribution >= 4 is 17.3 Å². The molecule has 0 aromatic carbocycles. The molecule has 4 heteroatoms. The summed E-state index contributed by atoms with van der Waals surface area (Å²) in [7, 11) is 1.43. The monoisotopic (exact) mass is 241 g/mol. The van der Waals surface area contributed by atoms with Crippen LogP contribution in [0.5, 0.6) is 0 Å². The Kier molecular flexibility index (Phi) is 5.49. The van der Waals surface area contributed by atoms with Crippen LogP contribution in [0.1, 0.15) is 19.4 Å². The van der Waals surface area contributed by atoms with Gasteiger partial charge in [-0.1, -0.05) is 0 Å². The molecule has 0 aliphatic rings. The second-order valence-corrected chi connectivity index (χ2v) is 4.80. The molecule has 0 aliphatic carbocycles. The average molecular weight is 241 g/mol. The standard InChI is InChI=1S/C12H19NO2S/c1-10(2)13(8-12(14)15-3)6-4-11-5-7-16-9-11/h5,7,9-10H,4,6,8H2,1-3H3. The van der Waals surface area contributed by atoms with Crippen molar-refractivity contribution in [1.82, 2.24) is 4.90 Å². The summed E-state index contributed by atoms with van der Waals surface area (Å²) in [5, 5.41) is 4.23. The smallest absolute Gasteiger partial charge is 0.319 e. The number of carbonyl (C=O) groups is 1. The number of ether oxygens (including phenoxy) is 1. The van der Waals surface area contributed by atoms with E-state index in [0.717, 1.165) is 13.0 Å². The highest BCUT2D eigenvalue weighted by Gasteiger charge is 2.13. The predicted octanol–water partition coefficient (Wildman–Crippen LogP) is 2.17. The molecule has 16 heavy (non-hydrogen) atoms. The van der Waals surface area contributed by atoms with Crippen molar-refractivity contribution in [1.29, 1.82) is 0 Å². The Morgan fingerprint density at radius 3 is 2.81 bits per heavy atom. The quantitative estimate of drug-likeness (QED) is 0.715. The van der Waals surface area contributed by atoms with Gasteiger partial charge >= 0.3 is 5.97 Å². The first-order valence-electron chi connectivity index (χ1n) is 5.45. The van der Waals surface area contributed by atoms with Gasteiger partial charge in [-0.25, -0.2) is 0 Å². The van der Waals surface area contributed by atoms with Crippen LogP contribution in [0.25, 0.3) is 0 Å². The normalized spacial score (nSPS) is 11.1. The molecule has 0 radical (unpaired) electrons. The van der Waals surface area contributed by atoms with Crippen LogP contribution < -0.4 is 0 Å². The van der Waals surface area contributed by atoms with Crippen molar-refractivity contribution in [3.63, 3.8) is 0 Å². The van der Waals surface area contributed by atoms with E-state index in [2.05, 4.69) is 40.3 Å². The lowest BCUT2D eigenvalue weighted by Crippen LogP contribution is -2.37. The minimum absolute atomic E-state index is 0.168. The molecule has 1 aromatic rings. The molecule has 0 amide bonds. The Bertz CT molecular complexity index is 309. The molecular weight excluding hydrogens is 222 g/mol. The van der Waals surface area contributed by atoms with Crippen LogP contribution in [0, 0.1) is 0 Å². The lowest BCUT2D eigenvalue weighted by Gasteiger charge is -2.24. The number of thiophene rings is 1. The zero-order valence-electron chi connectivity index (χ0n) is 10.1. The Morgan fingerprint density at radius 1 is 1.56 bits per heavy atom. The fraction of sp³-hybridized carbons (Fsp3) is 0.583. The van der Waals surface area contributed by atoms with E-state index >= 15 is 0 Å². The van der Waals surface area contributed by atoms with E-state index in [1.54, 1.807) is 11.3 Å². The first kappa shape index (κ1) is 13.2. The molecule has 0 spiro atoms. The summed E-state index contributed by atoms with van der Waals surface area (Å²) in [6.45, 7) is 5.45. The first-order chi connectivity index (χ1) is 7.63. The SMILES string of the molecule is COC(=O)CN(CCc1ccsc1)C(C)C.